The molecule has 0 spiro atoms. The molecule has 1 atom stereocenters. The molecule has 6 nitrogen and oxygen atoms in total. The molecule has 0 aliphatic rings. The number of likely N-dealkylation sites (N-methyl/N-ethyl adjacent to an activating group) is 1. The molecule has 1 N–H and O–H groups in total. The van der Waals surface area contributed by atoms with Crippen LogP contribution in [0.3, 0.4) is 0 Å². The molecule has 0 radical (unpaired) electrons. The molecule has 0 aliphatic carbocycles. The van der Waals surface area contributed by atoms with Crippen LogP contribution in [-0.2, 0) is 6.42 Å². The van der Waals surface area contributed by atoms with Crippen LogP contribution in [0.1, 0.15) is 35.3 Å². The Kier molecular flexibility index (Phi) is 7.49. The number of hydrogen-bond acceptors (Lipinski definition) is 4. The predicted octanol–water partition coefficient (Wildman–Crippen LogP) is 3.59. The van der Waals surface area contributed by atoms with Gasteiger partial charge in [0, 0.05) is 29.8 Å². The molecule has 6 heteroatoms. The Morgan fingerprint density at radius 2 is 1.78 bits per heavy atom. The number of benzene rings is 2. The normalized spacial score (nSPS) is 12.0. The third kappa shape index (κ3) is 5.37. The van der Waals surface area contributed by atoms with Gasteiger partial charge < -0.3 is 5.32 Å². The summed E-state index contributed by atoms with van der Waals surface area (Å²) in [6.07, 6.45) is 0.830. The zero-order valence-electron chi connectivity index (χ0n) is 16.1. The van der Waals surface area contributed by atoms with Gasteiger partial charge in [0.1, 0.15) is 0 Å². The second kappa shape index (κ2) is 9.83. The molecule has 0 saturated heterocycles. The summed E-state index contributed by atoms with van der Waals surface area (Å²) in [5, 5.41) is 14.1. The fourth-order valence-corrected chi connectivity index (χ4v) is 3.33. The van der Waals surface area contributed by atoms with E-state index in [1.54, 1.807) is 19.1 Å². The largest absolute Gasteiger partial charge is 0.350 e. The predicted molar refractivity (Wildman–Crippen MR) is 107 cm³/mol. The van der Waals surface area contributed by atoms with Crippen molar-refractivity contribution in [3.8, 4) is 0 Å². The molecular weight excluding hydrogens is 342 g/mol. The molecule has 0 aliphatic heterocycles. The maximum absolute atomic E-state index is 12.6. The lowest BCUT2D eigenvalue weighted by Crippen LogP contribution is -2.45. The first kappa shape index (κ1) is 20.6. The molecule has 0 unspecified atom stereocenters. The molecule has 0 fully saturated rings. The highest BCUT2D eigenvalue weighted by molar-refractivity contribution is 5.96. The van der Waals surface area contributed by atoms with Crippen molar-refractivity contribution in [1.29, 1.82) is 0 Å². The molecule has 27 heavy (non-hydrogen) atoms. The molecule has 0 heterocycles. The number of nitrogens with zero attached hydrogens (tertiary/aromatic N) is 2. The Bertz CT molecular complexity index is 773. The Labute approximate surface area is 160 Å². The van der Waals surface area contributed by atoms with Gasteiger partial charge in [0.2, 0.25) is 0 Å². The maximum Gasteiger partial charge on any atom is 0.273 e. The minimum atomic E-state index is -0.458. The third-order valence-electron chi connectivity index (χ3n) is 4.89. The van der Waals surface area contributed by atoms with Gasteiger partial charge in [-0.05, 0) is 38.1 Å². The first-order valence-corrected chi connectivity index (χ1v) is 9.28. The average molecular weight is 369 g/mol. The Hall–Kier alpha value is -2.73. The summed E-state index contributed by atoms with van der Waals surface area (Å²) in [4.78, 5) is 25.6. The summed E-state index contributed by atoms with van der Waals surface area (Å²) in [6.45, 7) is 8.08. The summed E-state index contributed by atoms with van der Waals surface area (Å²) >= 11 is 0. The van der Waals surface area contributed by atoms with Crippen LogP contribution < -0.4 is 5.32 Å². The van der Waals surface area contributed by atoms with Gasteiger partial charge in [0.15, 0.2) is 0 Å². The van der Waals surface area contributed by atoms with Crippen LogP contribution in [0.4, 0.5) is 5.69 Å². The van der Waals surface area contributed by atoms with Crippen LogP contribution in [0.15, 0.2) is 48.5 Å². The molecule has 2 aromatic carbocycles. The zero-order valence-corrected chi connectivity index (χ0v) is 16.1. The standard InChI is InChI=1S/C21H27N3O3/c1-4-23(5-2)18(14-17-10-7-6-8-11-17)15-22-21(25)19-12-9-13-20(16(19)3)24(26)27/h6-13,18H,4-5,14-15H2,1-3H3,(H,22,25)/t18-/m1/s1. The summed E-state index contributed by atoms with van der Waals surface area (Å²) in [7, 11) is 0. The fraction of sp³-hybridized carbons (Fsp3) is 0.381. The maximum atomic E-state index is 12.6. The van der Waals surface area contributed by atoms with Gasteiger partial charge >= 0.3 is 0 Å². The van der Waals surface area contributed by atoms with E-state index in [-0.39, 0.29) is 17.6 Å². The van der Waals surface area contributed by atoms with E-state index in [0.29, 0.717) is 17.7 Å². The van der Waals surface area contributed by atoms with E-state index in [0.717, 1.165) is 19.5 Å². The van der Waals surface area contributed by atoms with E-state index in [1.165, 1.54) is 11.6 Å². The third-order valence-corrected chi connectivity index (χ3v) is 4.89. The van der Waals surface area contributed by atoms with Crippen LogP contribution in [0, 0.1) is 17.0 Å². The Morgan fingerprint density at radius 3 is 2.37 bits per heavy atom. The van der Waals surface area contributed by atoms with Crippen LogP contribution in [0.5, 0.6) is 0 Å². The fourth-order valence-electron chi connectivity index (χ4n) is 3.33. The van der Waals surface area contributed by atoms with Gasteiger partial charge in [-0.1, -0.05) is 50.2 Å². The summed E-state index contributed by atoms with van der Waals surface area (Å²) in [5.41, 5.74) is 1.92. The highest BCUT2D eigenvalue weighted by atomic mass is 16.6. The number of rotatable bonds is 9. The second-order valence-electron chi connectivity index (χ2n) is 6.48. The van der Waals surface area contributed by atoms with Crippen molar-refractivity contribution in [1.82, 2.24) is 10.2 Å². The molecule has 144 valence electrons. The van der Waals surface area contributed by atoms with Crippen molar-refractivity contribution in [2.45, 2.75) is 33.2 Å². The van der Waals surface area contributed by atoms with E-state index >= 15 is 0 Å². The van der Waals surface area contributed by atoms with E-state index < -0.39 is 4.92 Å². The molecule has 1 amide bonds. The van der Waals surface area contributed by atoms with Gasteiger partial charge in [-0.25, -0.2) is 0 Å². The van der Waals surface area contributed by atoms with E-state index in [9.17, 15) is 14.9 Å². The van der Waals surface area contributed by atoms with Crippen molar-refractivity contribution in [2.24, 2.45) is 0 Å². The highest BCUT2D eigenvalue weighted by Gasteiger charge is 2.21. The van der Waals surface area contributed by atoms with Gasteiger partial charge in [0.25, 0.3) is 11.6 Å². The van der Waals surface area contributed by atoms with Crippen LogP contribution in [0.25, 0.3) is 0 Å². The number of nitro benzene ring substituents is 1. The smallest absolute Gasteiger partial charge is 0.273 e. The number of carbonyl (C=O) groups excluding carboxylic acids is 1. The monoisotopic (exact) mass is 369 g/mol. The number of amides is 1. The molecular formula is C21H27N3O3. The minimum Gasteiger partial charge on any atom is -0.350 e. The molecule has 2 rings (SSSR count). The van der Waals surface area contributed by atoms with Gasteiger partial charge in [-0.2, -0.15) is 0 Å². The summed E-state index contributed by atoms with van der Waals surface area (Å²) in [6, 6.07) is 14.9. The number of hydrogen-bond donors (Lipinski definition) is 1. The van der Waals surface area contributed by atoms with Crippen molar-refractivity contribution in [3.63, 3.8) is 0 Å². The number of nitro groups is 1. The van der Waals surface area contributed by atoms with Gasteiger partial charge in [-0.3, -0.25) is 19.8 Å². The molecule has 0 saturated carbocycles. The SMILES string of the molecule is CCN(CC)[C@@H](CNC(=O)c1cccc([N+](=O)[O-])c1C)Cc1ccccc1. The topological polar surface area (TPSA) is 75.5 Å². The number of carbonyl (C=O) groups is 1. The van der Waals surface area contributed by atoms with Gasteiger partial charge in [-0.15, -0.1) is 0 Å². The van der Waals surface area contributed by atoms with E-state index in [1.807, 2.05) is 18.2 Å². The van der Waals surface area contributed by atoms with Crippen LogP contribution >= 0.6 is 0 Å². The first-order valence-electron chi connectivity index (χ1n) is 9.28. The molecule has 0 bridgehead atoms. The van der Waals surface area contributed by atoms with E-state index in [2.05, 4.69) is 36.2 Å². The molecule has 2 aromatic rings. The zero-order chi connectivity index (χ0) is 19.8. The lowest BCUT2D eigenvalue weighted by atomic mass is 10.0. The quantitative estimate of drug-likeness (QED) is 0.541. The van der Waals surface area contributed by atoms with Crippen molar-refractivity contribution >= 4 is 11.6 Å². The first-order chi connectivity index (χ1) is 13.0. The Morgan fingerprint density at radius 1 is 1.11 bits per heavy atom. The summed E-state index contributed by atoms with van der Waals surface area (Å²) in [5.74, 6) is -0.276. The van der Waals surface area contributed by atoms with Crippen molar-refractivity contribution in [2.75, 3.05) is 19.6 Å². The van der Waals surface area contributed by atoms with Crippen LogP contribution in [-0.4, -0.2) is 41.4 Å². The van der Waals surface area contributed by atoms with Crippen molar-refractivity contribution in [3.05, 3.63) is 75.3 Å². The Balaban J connectivity index is 2.13. The lowest BCUT2D eigenvalue weighted by molar-refractivity contribution is -0.385. The molecule has 0 aromatic heterocycles. The van der Waals surface area contributed by atoms with Gasteiger partial charge in [0.05, 0.1) is 4.92 Å². The van der Waals surface area contributed by atoms with Crippen LogP contribution in [0.2, 0.25) is 0 Å². The summed E-state index contributed by atoms with van der Waals surface area (Å²) < 4.78 is 0. The minimum absolute atomic E-state index is 0.0350. The highest BCUT2D eigenvalue weighted by Crippen LogP contribution is 2.21. The lowest BCUT2D eigenvalue weighted by Gasteiger charge is -2.30. The van der Waals surface area contributed by atoms with Crippen molar-refractivity contribution < 1.29 is 9.72 Å². The second-order valence-corrected chi connectivity index (χ2v) is 6.48. The number of nitrogens with one attached hydrogen (secondary N) is 1. The van der Waals surface area contributed by atoms with E-state index in [4.69, 9.17) is 0 Å². The average Bonchev–Trinajstić information content (AvgIpc) is 2.67.